The van der Waals surface area contributed by atoms with E-state index < -0.39 is 0 Å². The lowest BCUT2D eigenvalue weighted by molar-refractivity contribution is 0.629. The SMILES string of the molecule is Cc1ccc(-c2nc(N)c3ccc(F)cc3n2)c(C)c1. The molecule has 0 amide bonds. The first kappa shape index (κ1) is 12.5. The summed E-state index contributed by atoms with van der Waals surface area (Å²) in [6.07, 6.45) is 0. The molecule has 0 atom stereocenters. The number of benzene rings is 2. The lowest BCUT2D eigenvalue weighted by Gasteiger charge is -2.08. The smallest absolute Gasteiger partial charge is 0.162 e. The maximum absolute atomic E-state index is 13.3. The Hall–Kier alpha value is -2.49. The van der Waals surface area contributed by atoms with E-state index in [0.717, 1.165) is 11.1 Å². The predicted octanol–water partition coefficient (Wildman–Crippen LogP) is 3.63. The van der Waals surface area contributed by atoms with Gasteiger partial charge >= 0.3 is 0 Å². The Balaban J connectivity index is 2.26. The second-order valence-corrected chi connectivity index (χ2v) is 4.91. The van der Waals surface area contributed by atoms with Gasteiger partial charge in [-0.3, -0.25) is 0 Å². The number of nitrogen functional groups attached to an aromatic ring is 1. The summed E-state index contributed by atoms with van der Waals surface area (Å²) in [5, 5.41) is 0.667. The highest BCUT2D eigenvalue weighted by atomic mass is 19.1. The zero-order valence-corrected chi connectivity index (χ0v) is 11.3. The largest absolute Gasteiger partial charge is 0.383 e. The number of aromatic nitrogens is 2. The van der Waals surface area contributed by atoms with Crippen molar-refractivity contribution in [1.82, 2.24) is 9.97 Å². The van der Waals surface area contributed by atoms with E-state index in [-0.39, 0.29) is 5.82 Å². The van der Waals surface area contributed by atoms with Gasteiger partial charge in [0.15, 0.2) is 5.82 Å². The van der Waals surface area contributed by atoms with Crippen molar-refractivity contribution in [3.05, 3.63) is 53.3 Å². The van der Waals surface area contributed by atoms with Crippen LogP contribution in [0.15, 0.2) is 36.4 Å². The van der Waals surface area contributed by atoms with Crippen LogP contribution < -0.4 is 5.73 Å². The van der Waals surface area contributed by atoms with Crippen molar-refractivity contribution >= 4 is 16.7 Å². The first-order valence-electron chi connectivity index (χ1n) is 6.35. The van der Waals surface area contributed by atoms with E-state index in [1.54, 1.807) is 6.07 Å². The topological polar surface area (TPSA) is 51.8 Å². The molecule has 1 aromatic heterocycles. The van der Waals surface area contributed by atoms with Gasteiger partial charge in [-0.15, -0.1) is 0 Å². The molecule has 0 bridgehead atoms. The molecule has 0 fully saturated rings. The van der Waals surface area contributed by atoms with Crippen molar-refractivity contribution in [3.8, 4) is 11.4 Å². The maximum atomic E-state index is 13.3. The average molecular weight is 267 g/mol. The fourth-order valence-corrected chi connectivity index (χ4v) is 2.31. The number of aryl methyl sites for hydroxylation is 2. The summed E-state index contributed by atoms with van der Waals surface area (Å²) < 4.78 is 13.3. The third-order valence-electron chi connectivity index (χ3n) is 3.31. The van der Waals surface area contributed by atoms with Crippen LogP contribution in [0.4, 0.5) is 10.2 Å². The lowest BCUT2D eigenvalue weighted by atomic mass is 10.0. The molecule has 20 heavy (non-hydrogen) atoms. The Labute approximate surface area is 116 Å². The number of hydrogen-bond donors (Lipinski definition) is 1. The molecule has 4 heteroatoms. The molecule has 1 heterocycles. The molecule has 0 unspecified atom stereocenters. The average Bonchev–Trinajstić information content (AvgIpc) is 2.37. The van der Waals surface area contributed by atoms with Crippen LogP contribution in [-0.4, -0.2) is 9.97 Å². The van der Waals surface area contributed by atoms with Gasteiger partial charge in [0.05, 0.1) is 5.52 Å². The van der Waals surface area contributed by atoms with E-state index in [1.807, 2.05) is 26.0 Å². The maximum Gasteiger partial charge on any atom is 0.162 e. The summed E-state index contributed by atoms with van der Waals surface area (Å²) in [6.45, 7) is 4.03. The minimum atomic E-state index is -0.331. The van der Waals surface area contributed by atoms with Crippen LogP contribution in [0.2, 0.25) is 0 Å². The number of fused-ring (bicyclic) bond motifs is 1. The second-order valence-electron chi connectivity index (χ2n) is 4.91. The Morgan fingerprint density at radius 2 is 1.80 bits per heavy atom. The zero-order valence-electron chi connectivity index (χ0n) is 11.3. The highest BCUT2D eigenvalue weighted by molar-refractivity contribution is 5.89. The summed E-state index contributed by atoms with van der Waals surface area (Å²) in [7, 11) is 0. The van der Waals surface area contributed by atoms with Crippen LogP contribution in [0, 0.1) is 19.7 Å². The van der Waals surface area contributed by atoms with Crippen LogP contribution in [0.1, 0.15) is 11.1 Å². The van der Waals surface area contributed by atoms with Crippen LogP contribution >= 0.6 is 0 Å². The minimum Gasteiger partial charge on any atom is -0.383 e. The summed E-state index contributed by atoms with van der Waals surface area (Å²) in [4.78, 5) is 8.76. The summed E-state index contributed by atoms with van der Waals surface area (Å²) in [6, 6.07) is 10.4. The van der Waals surface area contributed by atoms with Gasteiger partial charge in [-0.25, -0.2) is 14.4 Å². The molecule has 0 aliphatic carbocycles. The molecule has 2 aromatic carbocycles. The van der Waals surface area contributed by atoms with Crippen LogP contribution in [-0.2, 0) is 0 Å². The van der Waals surface area contributed by atoms with Gasteiger partial charge in [-0.2, -0.15) is 0 Å². The molecule has 0 aliphatic heterocycles. The molecule has 0 saturated heterocycles. The highest BCUT2D eigenvalue weighted by Crippen LogP contribution is 2.26. The number of hydrogen-bond acceptors (Lipinski definition) is 3. The van der Waals surface area contributed by atoms with Crippen molar-refractivity contribution in [1.29, 1.82) is 0 Å². The van der Waals surface area contributed by atoms with E-state index >= 15 is 0 Å². The Morgan fingerprint density at radius 1 is 1.00 bits per heavy atom. The molecule has 3 rings (SSSR count). The molecule has 100 valence electrons. The molecule has 3 nitrogen and oxygen atoms in total. The quantitative estimate of drug-likeness (QED) is 0.732. The molecule has 3 aromatic rings. The third kappa shape index (κ3) is 2.09. The Kier molecular flexibility index (Phi) is 2.86. The van der Waals surface area contributed by atoms with Crippen LogP contribution in [0.25, 0.3) is 22.3 Å². The van der Waals surface area contributed by atoms with E-state index in [0.29, 0.717) is 22.5 Å². The van der Waals surface area contributed by atoms with Crippen molar-refractivity contribution in [2.45, 2.75) is 13.8 Å². The molecule has 2 N–H and O–H groups in total. The molecule has 0 saturated carbocycles. The first-order chi connectivity index (χ1) is 9.54. The second kappa shape index (κ2) is 4.56. The van der Waals surface area contributed by atoms with Gasteiger partial charge in [0.1, 0.15) is 11.6 Å². The van der Waals surface area contributed by atoms with E-state index in [2.05, 4.69) is 16.0 Å². The third-order valence-corrected chi connectivity index (χ3v) is 3.31. The normalized spacial score (nSPS) is 10.9. The summed E-state index contributed by atoms with van der Waals surface area (Å²) >= 11 is 0. The van der Waals surface area contributed by atoms with Crippen LogP contribution in [0.3, 0.4) is 0 Å². The van der Waals surface area contributed by atoms with Gasteiger partial charge < -0.3 is 5.73 Å². The predicted molar refractivity (Wildman–Crippen MR) is 78.8 cm³/mol. The standard InChI is InChI=1S/C16H14FN3/c1-9-3-5-12(10(2)7-9)16-19-14-8-11(17)4-6-13(14)15(18)20-16/h3-8H,1-2H3,(H2,18,19,20). The number of nitrogens with zero attached hydrogens (tertiary/aromatic N) is 2. The molecule has 0 radical (unpaired) electrons. The Morgan fingerprint density at radius 3 is 2.55 bits per heavy atom. The van der Waals surface area contributed by atoms with E-state index in [9.17, 15) is 4.39 Å². The van der Waals surface area contributed by atoms with Gasteiger partial charge in [0.2, 0.25) is 0 Å². The van der Waals surface area contributed by atoms with Crippen LogP contribution in [0.5, 0.6) is 0 Å². The Bertz CT molecular complexity index is 812. The highest BCUT2D eigenvalue weighted by Gasteiger charge is 2.10. The van der Waals surface area contributed by atoms with Gasteiger partial charge in [-0.05, 0) is 31.5 Å². The lowest BCUT2D eigenvalue weighted by Crippen LogP contribution is -1.99. The summed E-state index contributed by atoms with van der Waals surface area (Å²) in [5.74, 6) is 0.560. The van der Waals surface area contributed by atoms with Gasteiger partial charge in [0, 0.05) is 17.0 Å². The van der Waals surface area contributed by atoms with Crippen molar-refractivity contribution in [2.24, 2.45) is 0 Å². The number of nitrogens with two attached hydrogens (primary N) is 1. The first-order valence-corrected chi connectivity index (χ1v) is 6.35. The van der Waals surface area contributed by atoms with Crippen molar-refractivity contribution in [3.63, 3.8) is 0 Å². The number of halogens is 1. The number of anilines is 1. The monoisotopic (exact) mass is 267 g/mol. The molecular weight excluding hydrogens is 253 g/mol. The molecule has 0 aliphatic rings. The van der Waals surface area contributed by atoms with Gasteiger partial charge in [0.25, 0.3) is 0 Å². The summed E-state index contributed by atoms with van der Waals surface area (Å²) in [5.41, 5.74) is 9.62. The van der Waals surface area contributed by atoms with Crippen molar-refractivity contribution < 1.29 is 4.39 Å². The van der Waals surface area contributed by atoms with E-state index in [4.69, 9.17) is 5.73 Å². The zero-order chi connectivity index (χ0) is 14.3. The fraction of sp³-hybridized carbons (Fsp3) is 0.125. The van der Waals surface area contributed by atoms with Crippen molar-refractivity contribution in [2.75, 3.05) is 5.73 Å². The van der Waals surface area contributed by atoms with Gasteiger partial charge in [-0.1, -0.05) is 23.8 Å². The molecule has 0 spiro atoms. The number of rotatable bonds is 1. The van der Waals surface area contributed by atoms with E-state index in [1.165, 1.54) is 17.7 Å². The minimum absolute atomic E-state index is 0.331. The fourth-order valence-electron chi connectivity index (χ4n) is 2.31. The molecular formula is C16H14FN3.